The summed E-state index contributed by atoms with van der Waals surface area (Å²) in [5.74, 6) is 0.954. The van der Waals surface area contributed by atoms with E-state index in [4.69, 9.17) is 4.52 Å². The maximum absolute atomic E-state index is 12.3. The maximum atomic E-state index is 12.3. The van der Waals surface area contributed by atoms with Gasteiger partial charge in [0.25, 0.3) is 0 Å². The van der Waals surface area contributed by atoms with Gasteiger partial charge in [-0.3, -0.25) is 9.78 Å². The molecule has 0 bridgehead atoms. The van der Waals surface area contributed by atoms with Crippen LogP contribution in [0.3, 0.4) is 0 Å². The zero-order valence-electron chi connectivity index (χ0n) is 16.6. The number of nitrogens with one attached hydrogen (secondary N) is 1. The Balaban J connectivity index is 1.48. The van der Waals surface area contributed by atoms with Crippen LogP contribution in [-0.2, 0) is 16.6 Å². The summed E-state index contributed by atoms with van der Waals surface area (Å²) in [5, 5.41) is 7.04. The molecule has 0 aliphatic carbocycles. The number of hydrogen-bond donors (Lipinski definition) is 1. The summed E-state index contributed by atoms with van der Waals surface area (Å²) in [6, 6.07) is 14.1. The molecule has 1 atom stereocenters. The molecule has 0 fully saturated rings. The Morgan fingerprint density at radius 1 is 1.14 bits per heavy atom. The molecule has 0 saturated heterocycles. The van der Waals surface area contributed by atoms with E-state index in [1.807, 2.05) is 37.3 Å². The highest BCUT2D eigenvalue weighted by Crippen LogP contribution is 2.28. The highest BCUT2D eigenvalue weighted by atomic mass is 16.5. The van der Waals surface area contributed by atoms with Crippen molar-refractivity contribution in [2.75, 3.05) is 0 Å². The number of nitrogens with zero attached hydrogens (tertiary/aromatic N) is 3. The van der Waals surface area contributed by atoms with Gasteiger partial charge in [0.1, 0.15) is 0 Å². The summed E-state index contributed by atoms with van der Waals surface area (Å²) in [6.07, 6.45) is 4.94. The first-order chi connectivity index (χ1) is 13.4. The van der Waals surface area contributed by atoms with E-state index < -0.39 is 0 Å². The van der Waals surface area contributed by atoms with Gasteiger partial charge in [0, 0.05) is 36.8 Å². The van der Waals surface area contributed by atoms with Crippen molar-refractivity contribution in [1.82, 2.24) is 20.4 Å². The van der Waals surface area contributed by atoms with E-state index in [1.165, 1.54) is 5.56 Å². The molecular weight excluding hydrogens is 352 g/mol. The first-order valence-corrected chi connectivity index (χ1v) is 9.52. The third-order valence-electron chi connectivity index (χ3n) is 4.75. The quantitative estimate of drug-likeness (QED) is 0.642. The first-order valence-electron chi connectivity index (χ1n) is 9.52. The Morgan fingerprint density at radius 3 is 2.57 bits per heavy atom. The normalized spacial score (nSPS) is 12.5. The molecule has 28 heavy (non-hydrogen) atoms. The van der Waals surface area contributed by atoms with E-state index in [1.54, 1.807) is 12.4 Å². The summed E-state index contributed by atoms with van der Waals surface area (Å²) in [7, 11) is 0. The number of benzene rings is 1. The summed E-state index contributed by atoms with van der Waals surface area (Å²) in [6.45, 7) is 6.44. The van der Waals surface area contributed by atoms with E-state index in [2.05, 4.69) is 46.4 Å². The van der Waals surface area contributed by atoms with Gasteiger partial charge in [-0.15, -0.1) is 0 Å². The van der Waals surface area contributed by atoms with Crippen LogP contribution in [0.15, 0.2) is 59.4 Å². The third kappa shape index (κ3) is 5.25. The number of aromatic nitrogens is 3. The predicted octanol–water partition coefficient (Wildman–Crippen LogP) is 3.94. The van der Waals surface area contributed by atoms with E-state index in [0.717, 1.165) is 12.0 Å². The lowest BCUT2D eigenvalue weighted by atomic mass is 9.79. The molecule has 6 nitrogen and oxygen atoms in total. The zero-order chi connectivity index (χ0) is 20.0. The van der Waals surface area contributed by atoms with Gasteiger partial charge in [0.2, 0.25) is 17.6 Å². The number of carbonyl (C=O) groups excluding carboxylic acids is 1. The molecule has 0 aliphatic rings. The van der Waals surface area contributed by atoms with Crippen LogP contribution < -0.4 is 5.32 Å². The van der Waals surface area contributed by atoms with Crippen molar-refractivity contribution in [1.29, 1.82) is 0 Å². The molecule has 2 heterocycles. The maximum Gasteiger partial charge on any atom is 0.227 e. The van der Waals surface area contributed by atoms with Crippen LogP contribution in [0.2, 0.25) is 0 Å². The topological polar surface area (TPSA) is 80.9 Å². The standard InChI is InChI=1S/C22H26N4O2/c1-16(15-22(2,3)18-7-5-4-6-8-18)24-19(27)9-10-20-25-21(26-28-20)17-11-13-23-14-12-17/h4-8,11-14,16H,9-10,15H2,1-3H3,(H,24,27). The number of aryl methyl sites for hydroxylation is 1. The van der Waals surface area contributed by atoms with Gasteiger partial charge < -0.3 is 9.84 Å². The molecule has 146 valence electrons. The third-order valence-corrected chi connectivity index (χ3v) is 4.75. The van der Waals surface area contributed by atoms with Crippen molar-refractivity contribution >= 4 is 5.91 Å². The van der Waals surface area contributed by atoms with Crippen LogP contribution in [0.25, 0.3) is 11.4 Å². The monoisotopic (exact) mass is 378 g/mol. The molecule has 1 unspecified atom stereocenters. The van der Waals surface area contributed by atoms with Crippen LogP contribution in [0.5, 0.6) is 0 Å². The molecule has 1 aromatic carbocycles. The van der Waals surface area contributed by atoms with Crippen molar-refractivity contribution in [2.24, 2.45) is 0 Å². The van der Waals surface area contributed by atoms with Crippen molar-refractivity contribution in [3.05, 3.63) is 66.3 Å². The summed E-state index contributed by atoms with van der Waals surface area (Å²) in [4.78, 5) is 20.6. The fourth-order valence-corrected chi connectivity index (χ4v) is 3.37. The molecule has 0 spiro atoms. The average Bonchev–Trinajstić information content (AvgIpc) is 3.16. The lowest BCUT2D eigenvalue weighted by Gasteiger charge is -2.29. The van der Waals surface area contributed by atoms with E-state index >= 15 is 0 Å². The highest BCUT2D eigenvalue weighted by Gasteiger charge is 2.24. The second-order valence-corrected chi connectivity index (χ2v) is 7.67. The molecule has 0 aliphatic heterocycles. The Kier molecular flexibility index (Phi) is 6.19. The fraction of sp³-hybridized carbons (Fsp3) is 0.364. The molecule has 3 rings (SSSR count). The molecule has 6 heteroatoms. The summed E-state index contributed by atoms with van der Waals surface area (Å²) < 4.78 is 5.25. The summed E-state index contributed by atoms with van der Waals surface area (Å²) in [5.41, 5.74) is 2.09. The van der Waals surface area contributed by atoms with Gasteiger partial charge in [-0.1, -0.05) is 49.3 Å². The van der Waals surface area contributed by atoms with Gasteiger partial charge in [-0.25, -0.2) is 0 Å². The Bertz CT molecular complexity index is 891. The van der Waals surface area contributed by atoms with E-state index in [-0.39, 0.29) is 17.4 Å². The van der Waals surface area contributed by atoms with Gasteiger partial charge in [-0.05, 0) is 36.5 Å². The molecule has 0 saturated carbocycles. The fourth-order valence-electron chi connectivity index (χ4n) is 3.37. The van der Waals surface area contributed by atoms with Crippen molar-refractivity contribution in [3.8, 4) is 11.4 Å². The van der Waals surface area contributed by atoms with Gasteiger partial charge in [0.05, 0.1) is 0 Å². The van der Waals surface area contributed by atoms with Crippen molar-refractivity contribution < 1.29 is 9.32 Å². The lowest BCUT2D eigenvalue weighted by molar-refractivity contribution is -0.121. The largest absolute Gasteiger partial charge is 0.354 e. The molecule has 1 amide bonds. The number of amides is 1. The van der Waals surface area contributed by atoms with Crippen LogP contribution >= 0.6 is 0 Å². The molecular formula is C22H26N4O2. The van der Waals surface area contributed by atoms with Gasteiger partial charge >= 0.3 is 0 Å². The number of carbonyl (C=O) groups is 1. The minimum absolute atomic E-state index is 0.0139. The van der Waals surface area contributed by atoms with Crippen molar-refractivity contribution in [3.63, 3.8) is 0 Å². The van der Waals surface area contributed by atoms with Crippen LogP contribution in [-0.4, -0.2) is 27.1 Å². The highest BCUT2D eigenvalue weighted by molar-refractivity contribution is 5.76. The smallest absolute Gasteiger partial charge is 0.227 e. The average molecular weight is 378 g/mol. The molecule has 3 aromatic rings. The van der Waals surface area contributed by atoms with Crippen LogP contribution in [0.4, 0.5) is 0 Å². The Morgan fingerprint density at radius 2 is 1.86 bits per heavy atom. The number of hydrogen-bond acceptors (Lipinski definition) is 5. The van der Waals surface area contributed by atoms with E-state index in [0.29, 0.717) is 24.6 Å². The van der Waals surface area contributed by atoms with Crippen molar-refractivity contribution in [2.45, 2.75) is 51.5 Å². The van der Waals surface area contributed by atoms with Crippen LogP contribution in [0.1, 0.15) is 45.1 Å². The SMILES string of the molecule is CC(CC(C)(C)c1ccccc1)NC(=O)CCc1nc(-c2ccncc2)no1. The second kappa shape index (κ2) is 8.78. The Hall–Kier alpha value is -3.02. The minimum Gasteiger partial charge on any atom is -0.354 e. The predicted molar refractivity (Wildman–Crippen MR) is 108 cm³/mol. The lowest BCUT2D eigenvalue weighted by Crippen LogP contribution is -2.37. The second-order valence-electron chi connectivity index (χ2n) is 7.67. The van der Waals surface area contributed by atoms with Gasteiger partial charge in [0.15, 0.2) is 0 Å². The minimum atomic E-state index is -0.0140. The zero-order valence-corrected chi connectivity index (χ0v) is 16.6. The molecule has 0 radical (unpaired) electrons. The number of pyridine rings is 1. The molecule has 1 N–H and O–H groups in total. The summed E-state index contributed by atoms with van der Waals surface area (Å²) >= 11 is 0. The van der Waals surface area contributed by atoms with Gasteiger partial charge in [-0.2, -0.15) is 4.98 Å². The molecule has 2 aromatic heterocycles. The number of rotatable bonds is 8. The van der Waals surface area contributed by atoms with E-state index in [9.17, 15) is 4.79 Å². The van der Waals surface area contributed by atoms with Crippen LogP contribution in [0, 0.1) is 0 Å². The first kappa shape index (κ1) is 19.7. The Labute approximate surface area is 165 Å².